The fourth-order valence-electron chi connectivity index (χ4n) is 1.80. The summed E-state index contributed by atoms with van der Waals surface area (Å²) in [5.41, 5.74) is 1.06. The van der Waals surface area contributed by atoms with E-state index in [-0.39, 0.29) is 24.6 Å². The van der Waals surface area contributed by atoms with Gasteiger partial charge >= 0.3 is 5.97 Å². The third-order valence-electron chi connectivity index (χ3n) is 2.99. The van der Waals surface area contributed by atoms with E-state index in [0.29, 0.717) is 17.0 Å². The highest BCUT2D eigenvalue weighted by atomic mass is 16.4. The van der Waals surface area contributed by atoms with Crippen molar-refractivity contribution in [1.29, 1.82) is 0 Å². The van der Waals surface area contributed by atoms with Gasteiger partial charge in [-0.05, 0) is 31.2 Å². The molecule has 0 bridgehead atoms. The summed E-state index contributed by atoms with van der Waals surface area (Å²) in [5.74, 6) is -1.35. The zero-order valence-corrected chi connectivity index (χ0v) is 12.3. The molecule has 0 radical (unpaired) electrons. The van der Waals surface area contributed by atoms with Crippen LogP contribution in [0.5, 0.6) is 0 Å². The number of carbonyl (C=O) groups excluding carboxylic acids is 2. The Morgan fingerprint density at radius 3 is 2.43 bits per heavy atom. The quantitative estimate of drug-likeness (QED) is 0.741. The number of aromatic nitrogens is 1. The summed E-state index contributed by atoms with van der Waals surface area (Å²) in [6.07, 6.45) is 1.05. The molecule has 2 amide bonds. The Labute approximate surface area is 131 Å². The minimum Gasteiger partial charge on any atom is -0.481 e. The number of benzene rings is 1. The Morgan fingerprint density at radius 2 is 1.87 bits per heavy atom. The predicted octanol–water partition coefficient (Wildman–Crippen LogP) is 1.44. The maximum absolute atomic E-state index is 12.0. The van der Waals surface area contributed by atoms with E-state index in [9.17, 15) is 14.4 Å². The van der Waals surface area contributed by atoms with Gasteiger partial charge in [-0.1, -0.05) is 0 Å². The Bertz CT molecular complexity index is 721. The van der Waals surface area contributed by atoms with Crippen LogP contribution < -0.4 is 10.6 Å². The zero-order valence-electron chi connectivity index (χ0n) is 12.3. The summed E-state index contributed by atoms with van der Waals surface area (Å²) in [6, 6.07) is 6.20. The normalized spacial score (nSPS) is 10.1. The molecule has 0 aliphatic heterocycles. The van der Waals surface area contributed by atoms with Crippen LogP contribution in [0.25, 0.3) is 0 Å². The number of nitrogens with zero attached hydrogens (tertiary/aromatic N) is 1. The van der Waals surface area contributed by atoms with E-state index in [2.05, 4.69) is 15.6 Å². The minimum absolute atomic E-state index is 0.0537. The number of nitrogens with one attached hydrogen (secondary N) is 2. The lowest BCUT2D eigenvalue weighted by Gasteiger charge is -2.06. The molecule has 2 aromatic rings. The monoisotopic (exact) mass is 317 g/mol. The molecular weight excluding hydrogens is 302 g/mol. The molecule has 1 aromatic heterocycles. The van der Waals surface area contributed by atoms with Crippen LogP contribution in [0.3, 0.4) is 0 Å². The van der Waals surface area contributed by atoms with Gasteiger partial charge in [-0.2, -0.15) is 0 Å². The summed E-state index contributed by atoms with van der Waals surface area (Å²) in [4.78, 5) is 37.9. The molecule has 120 valence electrons. The lowest BCUT2D eigenvalue weighted by atomic mass is 10.2. The summed E-state index contributed by atoms with van der Waals surface area (Å²) in [7, 11) is 0. The fourth-order valence-corrected chi connectivity index (χ4v) is 1.80. The first kappa shape index (κ1) is 16.2. The van der Waals surface area contributed by atoms with Crippen LogP contribution in [0.1, 0.15) is 33.0 Å². The van der Waals surface area contributed by atoms with Crippen LogP contribution in [0.4, 0.5) is 5.69 Å². The molecule has 8 heteroatoms. The highest BCUT2D eigenvalue weighted by Crippen LogP contribution is 2.12. The zero-order chi connectivity index (χ0) is 16.8. The number of aliphatic carboxylic acids is 1. The molecule has 8 nitrogen and oxygen atoms in total. The molecule has 0 atom stereocenters. The van der Waals surface area contributed by atoms with Crippen molar-refractivity contribution >= 4 is 23.5 Å². The van der Waals surface area contributed by atoms with E-state index >= 15 is 0 Å². The molecule has 0 aliphatic carbocycles. The second-order valence-corrected chi connectivity index (χ2v) is 4.69. The van der Waals surface area contributed by atoms with Gasteiger partial charge in [0.15, 0.2) is 12.1 Å². The van der Waals surface area contributed by atoms with Gasteiger partial charge in [0.05, 0.1) is 6.42 Å². The number of oxazole rings is 1. The van der Waals surface area contributed by atoms with Gasteiger partial charge in [-0.15, -0.1) is 0 Å². The number of anilines is 1. The fraction of sp³-hybridized carbons (Fsp3) is 0.200. The highest BCUT2D eigenvalue weighted by Gasteiger charge is 2.13. The predicted molar refractivity (Wildman–Crippen MR) is 80.2 cm³/mol. The summed E-state index contributed by atoms with van der Waals surface area (Å²) in [6.45, 7) is 1.69. The van der Waals surface area contributed by atoms with Crippen LogP contribution in [0.15, 0.2) is 35.1 Å². The third-order valence-corrected chi connectivity index (χ3v) is 2.99. The third kappa shape index (κ3) is 4.40. The van der Waals surface area contributed by atoms with E-state index in [0.717, 1.165) is 0 Å². The van der Waals surface area contributed by atoms with E-state index in [1.807, 2.05) is 0 Å². The summed E-state index contributed by atoms with van der Waals surface area (Å²) >= 11 is 0. The van der Waals surface area contributed by atoms with Crippen molar-refractivity contribution in [3.63, 3.8) is 0 Å². The van der Waals surface area contributed by atoms with E-state index in [1.165, 1.54) is 18.5 Å². The van der Waals surface area contributed by atoms with Gasteiger partial charge in [0.2, 0.25) is 0 Å². The molecule has 0 fully saturated rings. The Balaban J connectivity index is 1.94. The summed E-state index contributed by atoms with van der Waals surface area (Å²) < 4.78 is 4.96. The van der Waals surface area contributed by atoms with Crippen molar-refractivity contribution in [2.45, 2.75) is 13.3 Å². The second kappa shape index (κ2) is 7.21. The lowest BCUT2D eigenvalue weighted by Crippen LogP contribution is -2.25. The number of rotatable bonds is 6. The van der Waals surface area contributed by atoms with Crippen molar-refractivity contribution in [3.05, 3.63) is 47.7 Å². The van der Waals surface area contributed by atoms with Gasteiger partial charge in [0, 0.05) is 17.8 Å². The average molecular weight is 317 g/mol. The van der Waals surface area contributed by atoms with Gasteiger partial charge in [-0.3, -0.25) is 14.4 Å². The van der Waals surface area contributed by atoms with Gasteiger partial charge in [0.25, 0.3) is 11.8 Å². The average Bonchev–Trinajstić information content (AvgIpc) is 2.93. The number of hydrogen-bond donors (Lipinski definition) is 3. The molecule has 0 saturated heterocycles. The van der Waals surface area contributed by atoms with E-state index in [4.69, 9.17) is 9.52 Å². The number of aryl methyl sites for hydroxylation is 1. The Morgan fingerprint density at radius 1 is 1.17 bits per heavy atom. The first-order chi connectivity index (χ1) is 11.0. The standard InChI is InChI=1S/C15H15N3O5/c1-9-13(17-8-23-9)15(22)18-11-4-2-10(3-5-11)14(21)16-7-6-12(19)20/h2-5,8H,6-7H2,1H3,(H,16,21)(H,18,22)(H,19,20). The van der Waals surface area contributed by atoms with Crippen LogP contribution in [0.2, 0.25) is 0 Å². The molecule has 23 heavy (non-hydrogen) atoms. The molecule has 0 aliphatic rings. The Kier molecular flexibility index (Phi) is 5.08. The van der Waals surface area contributed by atoms with Crippen molar-refractivity contribution in [2.75, 3.05) is 11.9 Å². The lowest BCUT2D eigenvalue weighted by molar-refractivity contribution is -0.136. The molecule has 0 saturated carbocycles. The maximum atomic E-state index is 12.0. The van der Waals surface area contributed by atoms with Crippen LogP contribution in [-0.4, -0.2) is 34.4 Å². The number of carbonyl (C=O) groups is 3. The number of amides is 2. The Hall–Kier alpha value is -3.16. The molecule has 0 spiro atoms. The summed E-state index contributed by atoms with van der Waals surface area (Å²) in [5, 5.41) is 13.6. The van der Waals surface area contributed by atoms with Gasteiger partial charge < -0.3 is 20.2 Å². The molecule has 2 rings (SSSR count). The van der Waals surface area contributed by atoms with Crippen molar-refractivity contribution in [1.82, 2.24) is 10.3 Å². The van der Waals surface area contributed by atoms with Crippen LogP contribution in [0, 0.1) is 6.92 Å². The number of hydrogen-bond acceptors (Lipinski definition) is 5. The van der Waals surface area contributed by atoms with E-state index < -0.39 is 11.9 Å². The number of carboxylic acids is 1. The largest absolute Gasteiger partial charge is 0.481 e. The van der Waals surface area contributed by atoms with Crippen LogP contribution in [-0.2, 0) is 4.79 Å². The minimum atomic E-state index is -0.980. The molecule has 3 N–H and O–H groups in total. The van der Waals surface area contributed by atoms with Gasteiger partial charge in [-0.25, -0.2) is 4.98 Å². The first-order valence-electron chi connectivity index (χ1n) is 6.79. The molecular formula is C15H15N3O5. The van der Waals surface area contributed by atoms with Crippen LogP contribution >= 0.6 is 0 Å². The number of carboxylic acid groups (broad SMARTS) is 1. The van der Waals surface area contributed by atoms with Crippen molar-refractivity contribution < 1.29 is 23.9 Å². The SMILES string of the molecule is Cc1ocnc1C(=O)Nc1ccc(C(=O)NCCC(=O)O)cc1. The topological polar surface area (TPSA) is 122 Å². The second-order valence-electron chi connectivity index (χ2n) is 4.69. The van der Waals surface area contributed by atoms with E-state index in [1.54, 1.807) is 19.1 Å². The molecule has 0 unspecified atom stereocenters. The van der Waals surface area contributed by atoms with Crippen molar-refractivity contribution in [2.24, 2.45) is 0 Å². The first-order valence-corrected chi connectivity index (χ1v) is 6.79. The van der Waals surface area contributed by atoms with Crippen molar-refractivity contribution in [3.8, 4) is 0 Å². The smallest absolute Gasteiger partial charge is 0.305 e. The molecule has 1 heterocycles. The maximum Gasteiger partial charge on any atom is 0.305 e. The highest BCUT2D eigenvalue weighted by molar-refractivity contribution is 6.03. The molecule has 1 aromatic carbocycles. The van der Waals surface area contributed by atoms with Gasteiger partial charge in [0.1, 0.15) is 5.76 Å².